The predicted molar refractivity (Wildman–Crippen MR) is 130 cm³/mol. The second kappa shape index (κ2) is 11.7. The molecule has 7 nitrogen and oxygen atoms in total. The van der Waals surface area contributed by atoms with E-state index < -0.39 is 22.6 Å². The Morgan fingerprint density at radius 1 is 1.27 bits per heavy atom. The number of carbonyl (C=O) groups is 3. The number of rotatable bonds is 14. The van der Waals surface area contributed by atoms with Crippen LogP contribution in [-0.2, 0) is 19.1 Å². The fourth-order valence-electron chi connectivity index (χ4n) is 5.90. The lowest BCUT2D eigenvalue weighted by atomic mass is 9.71. The lowest BCUT2D eigenvalue weighted by Crippen LogP contribution is -2.55. The van der Waals surface area contributed by atoms with Crippen LogP contribution in [-0.4, -0.2) is 81.6 Å². The smallest absolute Gasteiger partial charge is 0.310 e. The van der Waals surface area contributed by atoms with Crippen molar-refractivity contribution in [2.75, 3.05) is 32.8 Å². The summed E-state index contributed by atoms with van der Waals surface area (Å²) in [6.45, 7) is 9.80. The molecule has 3 rings (SSSR count). The lowest BCUT2D eigenvalue weighted by molar-refractivity contribution is -0.153. The summed E-state index contributed by atoms with van der Waals surface area (Å²) in [6, 6.07) is -0.543. The van der Waals surface area contributed by atoms with Crippen LogP contribution in [0.4, 0.5) is 0 Å². The van der Waals surface area contributed by atoms with Gasteiger partial charge in [-0.05, 0) is 39.0 Å². The quantitative estimate of drug-likeness (QED) is 0.234. The number of likely N-dealkylation sites (tertiary alicyclic amines) is 1. The van der Waals surface area contributed by atoms with E-state index in [1.54, 1.807) is 29.7 Å². The van der Waals surface area contributed by atoms with Gasteiger partial charge in [-0.25, -0.2) is 0 Å². The molecule has 2 unspecified atom stereocenters. The fraction of sp³-hybridized carbons (Fsp3) is 0.800. The van der Waals surface area contributed by atoms with Gasteiger partial charge in [-0.15, -0.1) is 18.3 Å². The average Bonchev–Trinajstić information content (AvgIpc) is 3.44. The van der Waals surface area contributed by atoms with Gasteiger partial charge in [0, 0.05) is 31.5 Å². The minimum atomic E-state index is -0.549. The van der Waals surface area contributed by atoms with Gasteiger partial charge in [-0.3, -0.25) is 14.4 Å². The number of aliphatic hydroxyl groups excluding tert-OH is 1. The van der Waals surface area contributed by atoms with Crippen LogP contribution in [0.25, 0.3) is 0 Å². The average molecular weight is 481 g/mol. The number of aliphatic hydroxyl groups is 1. The summed E-state index contributed by atoms with van der Waals surface area (Å²) in [5.74, 6) is -1.30. The second-order valence-electron chi connectivity index (χ2n) is 9.40. The van der Waals surface area contributed by atoms with Gasteiger partial charge in [0.15, 0.2) is 0 Å². The first-order valence-electron chi connectivity index (χ1n) is 12.6. The summed E-state index contributed by atoms with van der Waals surface area (Å²) in [7, 11) is 0. The highest BCUT2D eigenvalue weighted by molar-refractivity contribution is 8.02. The van der Waals surface area contributed by atoms with Gasteiger partial charge in [-0.1, -0.05) is 32.3 Å². The van der Waals surface area contributed by atoms with E-state index in [1.165, 1.54) is 0 Å². The van der Waals surface area contributed by atoms with Gasteiger partial charge in [0.05, 0.1) is 23.2 Å². The largest absolute Gasteiger partial charge is 0.466 e. The van der Waals surface area contributed by atoms with E-state index in [1.807, 2.05) is 4.90 Å². The fourth-order valence-corrected chi connectivity index (χ4v) is 8.10. The van der Waals surface area contributed by atoms with Gasteiger partial charge in [-0.2, -0.15) is 0 Å². The Morgan fingerprint density at radius 2 is 2.03 bits per heavy atom. The number of esters is 1. The first-order valence-corrected chi connectivity index (χ1v) is 13.5. The molecule has 3 heterocycles. The van der Waals surface area contributed by atoms with Crippen LogP contribution in [0.15, 0.2) is 12.7 Å². The van der Waals surface area contributed by atoms with Crippen LogP contribution in [0, 0.1) is 11.8 Å². The van der Waals surface area contributed by atoms with Crippen molar-refractivity contribution in [2.24, 2.45) is 11.8 Å². The maximum atomic E-state index is 14.0. The molecule has 186 valence electrons. The van der Waals surface area contributed by atoms with Crippen molar-refractivity contribution in [3.63, 3.8) is 0 Å². The monoisotopic (exact) mass is 480 g/mol. The highest BCUT2D eigenvalue weighted by Crippen LogP contribution is 2.66. The SMILES string of the molecule is C=CCN(CCCC)C(=O)C1N(CCCCCCO)C(=O)[C@@H]2[C@@H](C(=O)OCC)[C@H]3CCC12S3. The van der Waals surface area contributed by atoms with E-state index >= 15 is 0 Å². The summed E-state index contributed by atoms with van der Waals surface area (Å²) < 4.78 is 4.82. The third-order valence-electron chi connectivity index (χ3n) is 7.34. The molecule has 1 spiro atoms. The zero-order chi connectivity index (χ0) is 24.0. The number of hydrogen-bond donors (Lipinski definition) is 1. The molecule has 2 amide bonds. The van der Waals surface area contributed by atoms with E-state index in [0.29, 0.717) is 26.2 Å². The molecule has 5 atom stereocenters. The molecular weight excluding hydrogens is 440 g/mol. The van der Waals surface area contributed by atoms with Crippen molar-refractivity contribution >= 4 is 29.5 Å². The normalized spacial score (nSPS) is 29.9. The second-order valence-corrected chi connectivity index (χ2v) is 11.0. The minimum absolute atomic E-state index is 0.00721. The van der Waals surface area contributed by atoms with Crippen molar-refractivity contribution in [1.29, 1.82) is 0 Å². The van der Waals surface area contributed by atoms with Crippen molar-refractivity contribution in [3.8, 4) is 0 Å². The van der Waals surface area contributed by atoms with Gasteiger partial charge in [0.2, 0.25) is 11.8 Å². The molecule has 0 aliphatic carbocycles. The molecule has 33 heavy (non-hydrogen) atoms. The van der Waals surface area contributed by atoms with E-state index in [9.17, 15) is 14.4 Å². The number of unbranched alkanes of at least 4 members (excludes halogenated alkanes) is 4. The van der Waals surface area contributed by atoms with Crippen molar-refractivity contribution < 1.29 is 24.2 Å². The number of carbonyl (C=O) groups excluding carboxylic acids is 3. The lowest BCUT2D eigenvalue weighted by Gasteiger charge is -2.37. The molecule has 3 aliphatic rings. The van der Waals surface area contributed by atoms with Crippen LogP contribution in [0.3, 0.4) is 0 Å². The van der Waals surface area contributed by atoms with Crippen LogP contribution < -0.4 is 0 Å². The van der Waals surface area contributed by atoms with Gasteiger partial charge < -0.3 is 19.6 Å². The molecule has 3 fully saturated rings. The molecule has 8 heteroatoms. The van der Waals surface area contributed by atoms with Gasteiger partial charge >= 0.3 is 5.97 Å². The summed E-state index contributed by atoms with van der Waals surface area (Å²) in [5, 5.41) is 9.10. The van der Waals surface area contributed by atoms with E-state index in [0.717, 1.165) is 51.4 Å². The summed E-state index contributed by atoms with van der Waals surface area (Å²) in [4.78, 5) is 44.3. The minimum Gasteiger partial charge on any atom is -0.466 e. The molecule has 0 aromatic rings. The molecule has 1 N–H and O–H groups in total. The molecule has 3 saturated heterocycles. The Labute approximate surface area is 202 Å². The highest BCUT2D eigenvalue weighted by Gasteiger charge is 2.74. The molecule has 0 radical (unpaired) electrons. The number of amides is 2. The molecule has 0 saturated carbocycles. The van der Waals surface area contributed by atoms with E-state index in [2.05, 4.69) is 13.5 Å². The van der Waals surface area contributed by atoms with Crippen LogP contribution in [0.1, 0.15) is 65.2 Å². The number of ether oxygens (including phenoxy) is 1. The Balaban J connectivity index is 1.90. The van der Waals surface area contributed by atoms with Crippen molar-refractivity contribution in [2.45, 2.75) is 81.3 Å². The highest BCUT2D eigenvalue weighted by atomic mass is 32.2. The van der Waals surface area contributed by atoms with E-state index in [4.69, 9.17) is 9.84 Å². The van der Waals surface area contributed by atoms with E-state index in [-0.39, 0.29) is 29.6 Å². The number of nitrogens with zero attached hydrogens (tertiary/aromatic N) is 2. The van der Waals surface area contributed by atoms with Crippen molar-refractivity contribution in [1.82, 2.24) is 9.80 Å². The Morgan fingerprint density at radius 3 is 2.70 bits per heavy atom. The zero-order valence-corrected chi connectivity index (χ0v) is 21.0. The zero-order valence-electron chi connectivity index (χ0n) is 20.2. The first kappa shape index (κ1) is 26.1. The molecule has 2 bridgehead atoms. The molecular formula is C25H40N2O5S. The van der Waals surface area contributed by atoms with Gasteiger partial charge in [0.1, 0.15) is 6.04 Å². The molecule has 0 aromatic carbocycles. The Kier molecular flexibility index (Phi) is 9.27. The van der Waals surface area contributed by atoms with Crippen LogP contribution in [0.5, 0.6) is 0 Å². The number of fused-ring (bicyclic) bond motifs is 1. The third-order valence-corrected chi connectivity index (χ3v) is 9.29. The molecule has 3 aliphatic heterocycles. The van der Waals surface area contributed by atoms with Crippen molar-refractivity contribution in [3.05, 3.63) is 12.7 Å². The molecule has 0 aromatic heterocycles. The maximum Gasteiger partial charge on any atom is 0.310 e. The topological polar surface area (TPSA) is 87.2 Å². The maximum absolute atomic E-state index is 14.0. The summed E-state index contributed by atoms with van der Waals surface area (Å²) in [5.41, 5.74) is 0. The summed E-state index contributed by atoms with van der Waals surface area (Å²) >= 11 is 1.69. The Hall–Kier alpha value is -1.54. The van der Waals surface area contributed by atoms with Crippen LogP contribution in [0.2, 0.25) is 0 Å². The number of hydrogen-bond acceptors (Lipinski definition) is 6. The predicted octanol–water partition coefficient (Wildman–Crippen LogP) is 3.01. The first-order chi connectivity index (χ1) is 16.0. The summed E-state index contributed by atoms with van der Waals surface area (Å²) in [6.07, 6.45) is 8.57. The standard InChI is InChI=1S/C25H40N2O5S/c1-4-7-15-26(14-5-2)23(30)21-25-13-12-18(33-25)19(24(31)32-6-3)20(25)22(29)27(21)16-10-8-9-11-17-28/h5,18-21,28H,2,4,6-17H2,1,3H3/t18-,19+,20+,21?,25?/m1/s1. The Bertz CT molecular complexity index is 732. The third kappa shape index (κ3) is 4.97. The number of thioether (sulfide) groups is 1. The van der Waals surface area contributed by atoms with Gasteiger partial charge in [0.25, 0.3) is 0 Å². The van der Waals surface area contributed by atoms with Crippen LogP contribution >= 0.6 is 11.8 Å².